The van der Waals surface area contributed by atoms with Gasteiger partial charge >= 0.3 is 0 Å². The van der Waals surface area contributed by atoms with E-state index in [0.29, 0.717) is 58.7 Å². The van der Waals surface area contributed by atoms with Crippen molar-refractivity contribution in [3.8, 4) is 22.9 Å². The van der Waals surface area contributed by atoms with Gasteiger partial charge in [0.15, 0.2) is 14.8 Å². The Morgan fingerprint density at radius 3 is 2.55 bits per heavy atom. The molecule has 2 aromatic carbocycles. The highest BCUT2D eigenvalue weighted by atomic mass is 35.5. The predicted octanol–water partition coefficient (Wildman–Crippen LogP) is 6.25. The zero-order chi connectivity index (χ0) is 29.5. The Kier molecular flexibility index (Phi) is 7.62. The molecule has 0 N–H and O–H groups in total. The number of halogens is 1. The van der Waals surface area contributed by atoms with E-state index in [1.165, 1.54) is 39.8 Å². The number of ether oxygens (including phenoxy) is 2. The maximum Gasteiger partial charge on any atom is 0.278 e. The highest BCUT2D eigenvalue weighted by molar-refractivity contribution is 7.98. The van der Waals surface area contributed by atoms with Gasteiger partial charge in [0.1, 0.15) is 21.8 Å². The lowest BCUT2D eigenvalue weighted by Gasteiger charge is -2.15. The van der Waals surface area contributed by atoms with Gasteiger partial charge in [0.05, 0.1) is 36.3 Å². The first kappa shape index (κ1) is 28.2. The second-order valence-electron chi connectivity index (χ2n) is 9.17. The highest BCUT2D eigenvalue weighted by Gasteiger charge is 2.22. The third-order valence-electron chi connectivity index (χ3n) is 6.59. The molecule has 6 aromatic rings. The van der Waals surface area contributed by atoms with Crippen molar-refractivity contribution in [1.29, 1.82) is 0 Å². The van der Waals surface area contributed by atoms with Gasteiger partial charge in [-0.25, -0.2) is 9.97 Å². The molecular weight excluding hydrogens is 614 g/mol. The Labute approximate surface area is 257 Å². The van der Waals surface area contributed by atoms with Crippen LogP contribution in [-0.4, -0.2) is 37.7 Å². The molecule has 0 saturated heterocycles. The van der Waals surface area contributed by atoms with Crippen LogP contribution < -0.4 is 20.6 Å². The molecule has 0 bridgehead atoms. The zero-order valence-corrected chi connectivity index (χ0v) is 25.7. The number of hydrogen-bond acceptors (Lipinski definition) is 9. The molecule has 6 rings (SSSR count). The van der Waals surface area contributed by atoms with Crippen LogP contribution in [0.4, 0.5) is 0 Å². The summed E-state index contributed by atoms with van der Waals surface area (Å²) < 4.78 is 16.6. The number of thiazole rings is 1. The Morgan fingerprint density at radius 2 is 1.79 bits per heavy atom. The topological polar surface area (TPSA) is 92.7 Å². The molecule has 0 saturated carbocycles. The molecule has 0 aliphatic rings. The number of para-hydroxylation sites is 1. The standard InChI is InChI=1S/C29H22ClN5O4S3/c1-16-6-4-5-7-20(16)35-27(37)25-26(34(29(40)42-25)21-13-19(38-2)9-10-22(21)39-3)32-28(35)41-15-18-12-24(36)33-14-17(30)8-11-23(33)31-18/h4-14H,15H2,1-3H3. The van der Waals surface area contributed by atoms with Crippen LogP contribution in [0.5, 0.6) is 11.5 Å². The molecule has 9 nitrogen and oxygen atoms in total. The largest absolute Gasteiger partial charge is 0.497 e. The minimum Gasteiger partial charge on any atom is -0.497 e. The van der Waals surface area contributed by atoms with Gasteiger partial charge in [0.25, 0.3) is 11.1 Å². The van der Waals surface area contributed by atoms with Crippen molar-refractivity contribution < 1.29 is 9.47 Å². The summed E-state index contributed by atoms with van der Waals surface area (Å²) in [6.07, 6.45) is 1.53. The quantitative estimate of drug-likeness (QED) is 0.116. The predicted molar refractivity (Wildman–Crippen MR) is 169 cm³/mol. The lowest BCUT2D eigenvalue weighted by atomic mass is 10.2. The zero-order valence-electron chi connectivity index (χ0n) is 22.5. The van der Waals surface area contributed by atoms with E-state index in [0.717, 1.165) is 5.56 Å². The number of aryl methyl sites for hydroxylation is 1. The summed E-state index contributed by atoms with van der Waals surface area (Å²) in [5.41, 5.74) is 3.10. The average molecular weight is 636 g/mol. The number of hydrogen-bond donors (Lipinski definition) is 0. The second-order valence-corrected chi connectivity index (χ2v) is 12.2. The Bertz CT molecular complexity index is 2190. The number of rotatable bonds is 7. The fraction of sp³-hybridized carbons (Fsp3) is 0.138. The summed E-state index contributed by atoms with van der Waals surface area (Å²) in [7, 11) is 3.14. The molecule has 4 heterocycles. The van der Waals surface area contributed by atoms with Gasteiger partial charge in [0.2, 0.25) is 0 Å². The minimum atomic E-state index is -0.255. The first-order valence-electron chi connectivity index (χ1n) is 12.6. The van der Waals surface area contributed by atoms with Gasteiger partial charge in [0, 0.05) is 24.1 Å². The maximum absolute atomic E-state index is 14.2. The summed E-state index contributed by atoms with van der Waals surface area (Å²) >= 11 is 14.3. The minimum absolute atomic E-state index is 0.255. The van der Waals surface area contributed by atoms with Gasteiger partial charge in [-0.05, 0) is 55.0 Å². The molecule has 0 amide bonds. The molecular formula is C29H22ClN5O4S3. The van der Waals surface area contributed by atoms with Gasteiger partial charge in [-0.3, -0.25) is 23.1 Å². The summed E-state index contributed by atoms with van der Waals surface area (Å²) in [5.74, 6) is 1.43. The summed E-state index contributed by atoms with van der Waals surface area (Å²) in [4.78, 5) is 36.6. The van der Waals surface area contributed by atoms with Crippen molar-refractivity contribution in [3.05, 3.63) is 108 Å². The Balaban J connectivity index is 1.56. The highest BCUT2D eigenvalue weighted by Crippen LogP contribution is 2.34. The maximum atomic E-state index is 14.2. The summed E-state index contributed by atoms with van der Waals surface area (Å²) in [6, 6.07) is 17.8. The van der Waals surface area contributed by atoms with E-state index in [2.05, 4.69) is 4.98 Å². The van der Waals surface area contributed by atoms with Gasteiger partial charge < -0.3 is 9.47 Å². The molecule has 4 aromatic heterocycles. The van der Waals surface area contributed by atoms with Crippen molar-refractivity contribution in [1.82, 2.24) is 23.5 Å². The lowest BCUT2D eigenvalue weighted by molar-refractivity contribution is 0.401. The summed E-state index contributed by atoms with van der Waals surface area (Å²) in [5, 5.41) is 0.856. The SMILES string of the molecule is COc1ccc(OC)c(-n2c(=S)sc3c(=O)n(-c4ccccc4C)c(SCc4cc(=O)n5cc(Cl)ccc5n4)nc32)c1. The monoisotopic (exact) mass is 635 g/mol. The molecule has 0 unspecified atom stereocenters. The van der Waals surface area contributed by atoms with Gasteiger partial charge in [-0.1, -0.05) is 52.9 Å². The van der Waals surface area contributed by atoms with Crippen molar-refractivity contribution in [3.63, 3.8) is 0 Å². The van der Waals surface area contributed by atoms with E-state index >= 15 is 0 Å². The number of methoxy groups -OCH3 is 2. The third kappa shape index (κ3) is 5.00. The van der Waals surface area contributed by atoms with E-state index in [1.807, 2.05) is 31.2 Å². The van der Waals surface area contributed by atoms with Crippen molar-refractivity contribution in [2.45, 2.75) is 17.8 Å². The first-order valence-corrected chi connectivity index (χ1v) is 15.2. The molecule has 0 radical (unpaired) electrons. The van der Waals surface area contributed by atoms with Crippen LogP contribution in [0.25, 0.3) is 27.4 Å². The van der Waals surface area contributed by atoms with Gasteiger partial charge in [-0.2, -0.15) is 0 Å². The smallest absolute Gasteiger partial charge is 0.278 e. The van der Waals surface area contributed by atoms with Crippen molar-refractivity contribution in [2.75, 3.05) is 14.2 Å². The van der Waals surface area contributed by atoms with E-state index < -0.39 is 0 Å². The normalized spacial score (nSPS) is 11.3. The molecule has 0 aliphatic carbocycles. The number of thioether (sulfide) groups is 1. The van der Waals surface area contributed by atoms with Crippen molar-refractivity contribution in [2.24, 2.45) is 0 Å². The third-order valence-corrected chi connectivity index (χ3v) is 9.13. The van der Waals surface area contributed by atoms with E-state index in [-0.39, 0.29) is 16.9 Å². The van der Waals surface area contributed by atoms with Crippen LogP contribution in [0.1, 0.15) is 11.3 Å². The van der Waals surface area contributed by atoms with E-state index in [4.69, 9.17) is 38.3 Å². The van der Waals surface area contributed by atoms with Crippen LogP contribution in [0.2, 0.25) is 5.02 Å². The number of fused-ring (bicyclic) bond motifs is 2. The van der Waals surface area contributed by atoms with E-state index in [1.54, 1.807) is 53.7 Å². The van der Waals surface area contributed by atoms with Crippen LogP contribution in [0.15, 0.2) is 81.6 Å². The summed E-state index contributed by atoms with van der Waals surface area (Å²) in [6.45, 7) is 1.94. The number of nitrogens with zero attached hydrogens (tertiary/aromatic N) is 5. The first-order chi connectivity index (χ1) is 20.3. The number of benzene rings is 2. The second kappa shape index (κ2) is 11.4. The van der Waals surface area contributed by atoms with Crippen LogP contribution >= 0.6 is 46.9 Å². The number of pyridine rings is 1. The van der Waals surface area contributed by atoms with Crippen LogP contribution in [-0.2, 0) is 5.75 Å². The molecule has 13 heteroatoms. The fourth-order valence-electron chi connectivity index (χ4n) is 4.58. The van der Waals surface area contributed by atoms with Gasteiger partial charge in [-0.15, -0.1) is 0 Å². The lowest BCUT2D eigenvalue weighted by Crippen LogP contribution is -2.22. The van der Waals surface area contributed by atoms with Crippen molar-refractivity contribution >= 4 is 62.9 Å². The van der Waals surface area contributed by atoms with Crippen LogP contribution in [0, 0.1) is 10.9 Å². The molecule has 0 atom stereocenters. The Hall–Kier alpha value is -3.97. The molecule has 212 valence electrons. The van der Waals surface area contributed by atoms with E-state index in [9.17, 15) is 9.59 Å². The molecule has 0 spiro atoms. The fourth-order valence-corrected chi connectivity index (χ4v) is 6.92. The molecule has 42 heavy (non-hydrogen) atoms. The average Bonchev–Trinajstić information content (AvgIpc) is 3.32. The molecule has 0 aliphatic heterocycles. The van der Waals surface area contributed by atoms with Crippen LogP contribution in [0.3, 0.4) is 0 Å². The number of aromatic nitrogens is 5. The Morgan fingerprint density at radius 1 is 0.976 bits per heavy atom. The molecule has 0 fully saturated rings.